The van der Waals surface area contributed by atoms with Crippen LogP contribution in [0.1, 0.15) is 0 Å². The van der Waals surface area contributed by atoms with E-state index in [1.807, 2.05) is 0 Å². The van der Waals surface area contributed by atoms with Crippen LogP contribution >= 0.6 is 7.92 Å². The average Bonchev–Trinajstić information content (AvgIpc) is 3.57. The molecule has 254 valence electrons. The molecule has 0 nitrogen and oxygen atoms in total. The largest absolute Gasteiger partial charge is 0.0622 e. The van der Waals surface area contributed by atoms with Crippen LogP contribution in [-0.2, 0) is 0 Å². The number of fused-ring (bicyclic) bond motifs is 5. The van der Waals surface area contributed by atoms with E-state index in [9.17, 15) is 0 Å². The van der Waals surface area contributed by atoms with Gasteiger partial charge in [-0.1, -0.05) is 170 Å². The van der Waals surface area contributed by atoms with Gasteiger partial charge in [0.05, 0.1) is 0 Å². The topological polar surface area (TPSA) is 0 Å². The molecule has 0 bridgehead atoms. The van der Waals surface area contributed by atoms with Crippen molar-refractivity contribution in [3.63, 3.8) is 0 Å². The summed E-state index contributed by atoms with van der Waals surface area (Å²) in [7, 11) is -0.769. The summed E-state index contributed by atoms with van der Waals surface area (Å²) >= 11 is 0. The summed E-state index contributed by atoms with van der Waals surface area (Å²) < 4.78 is 0. The summed E-state index contributed by atoms with van der Waals surface area (Å²) in [5.41, 5.74) is 10.5. The van der Waals surface area contributed by atoms with Crippen LogP contribution < -0.4 is 15.9 Å². The molecule has 11 aromatic rings. The van der Waals surface area contributed by atoms with Gasteiger partial charge in [-0.15, -0.1) is 0 Å². The molecule has 0 radical (unpaired) electrons. The minimum absolute atomic E-state index is 0.769. The second kappa shape index (κ2) is 12.0. The molecule has 1 aliphatic rings. The lowest BCUT2D eigenvalue weighted by Gasteiger charge is -2.22. The quantitative estimate of drug-likeness (QED) is 0.0947. The van der Waals surface area contributed by atoms with Crippen molar-refractivity contribution in [3.05, 3.63) is 200 Å². The van der Waals surface area contributed by atoms with Crippen LogP contribution in [0.15, 0.2) is 200 Å². The van der Waals surface area contributed by atoms with Gasteiger partial charge < -0.3 is 0 Å². The molecule has 12 rings (SSSR count). The molecule has 0 heterocycles. The van der Waals surface area contributed by atoms with E-state index in [0.29, 0.717) is 0 Å². The fourth-order valence-electron chi connectivity index (χ4n) is 9.58. The smallest absolute Gasteiger partial charge is 0.000719 e. The fraction of sp³-hybridized carbons (Fsp3) is 0. The van der Waals surface area contributed by atoms with E-state index in [1.54, 1.807) is 0 Å². The van der Waals surface area contributed by atoms with E-state index < -0.39 is 7.92 Å². The third kappa shape index (κ3) is 4.56. The molecule has 1 aliphatic carbocycles. The molecule has 11 aromatic carbocycles. The maximum Gasteiger partial charge on any atom is -0.000719 e. The Hall–Kier alpha value is -6.59. The van der Waals surface area contributed by atoms with Crippen LogP contribution in [-0.4, -0.2) is 0 Å². The Morgan fingerprint density at radius 2 is 0.727 bits per heavy atom. The number of hydrogen-bond donors (Lipinski definition) is 0. The minimum atomic E-state index is -0.769. The van der Waals surface area contributed by atoms with Gasteiger partial charge in [-0.05, 0) is 153 Å². The Morgan fingerprint density at radius 1 is 0.255 bits per heavy atom. The third-order valence-corrected chi connectivity index (χ3v) is 14.2. The molecule has 0 amide bonds. The van der Waals surface area contributed by atoms with Crippen molar-refractivity contribution in [1.82, 2.24) is 0 Å². The van der Waals surface area contributed by atoms with Crippen molar-refractivity contribution in [3.8, 4) is 44.5 Å². The highest BCUT2D eigenvalue weighted by atomic mass is 31.1. The zero-order chi connectivity index (χ0) is 36.0. The first-order valence-corrected chi connectivity index (χ1v) is 20.4. The van der Waals surface area contributed by atoms with E-state index in [-0.39, 0.29) is 0 Å². The molecule has 0 spiro atoms. The molecule has 0 unspecified atom stereocenters. The molecule has 0 saturated carbocycles. The predicted octanol–water partition coefficient (Wildman–Crippen LogP) is 13.6. The number of benzene rings is 11. The van der Waals surface area contributed by atoms with Gasteiger partial charge in [0.25, 0.3) is 0 Å². The first-order valence-electron chi connectivity index (χ1n) is 19.1. The van der Waals surface area contributed by atoms with Gasteiger partial charge in [-0.2, -0.15) is 0 Å². The second-order valence-electron chi connectivity index (χ2n) is 14.8. The van der Waals surface area contributed by atoms with E-state index in [1.165, 1.54) is 114 Å². The molecule has 55 heavy (non-hydrogen) atoms. The molecule has 0 aromatic heterocycles. The van der Waals surface area contributed by atoms with Crippen molar-refractivity contribution in [2.24, 2.45) is 0 Å². The third-order valence-electron chi connectivity index (χ3n) is 11.8. The first kappa shape index (κ1) is 30.8. The maximum absolute atomic E-state index is 2.54. The fourth-order valence-corrected chi connectivity index (χ4v) is 11.9. The van der Waals surface area contributed by atoms with Crippen molar-refractivity contribution in [2.75, 3.05) is 0 Å². The zero-order valence-electron chi connectivity index (χ0n) is 30.0. The molecule has 1 heteroatoms. The van der Waals surface area contributed by atoms with Crippen LogP contribution in [0.5, 0.6) is 0 Å². The van der Waals surface area contributed by atoms with Gasteiger partial charge in [0.1, 0.15) is 0 Å². The molecular weight excluding hydrogens is 680 g/mol. The zero-order valence-corrected chi connectivity index (χ0v) is 30.9. The van der Waals surface area contributed by atoms with Crippen molar-refractivity contribution in [1.29, 1.82) is 0 Å². The van der Waals surface area contributed by atoms with Crippen molar-refractivity contribution < 1.29 is 0 Å². The van der Waals surface area contributed by atoms with Gasteiger partial charge in [-0.25, -0.2) is 0 Å². The monoisotopic (exact) mass is 712 g/mol. The summed E-state index contributed by atoms with van der Waals surface area (Å²) in [5.74, 6) is 0. The summed E-state index contributed by atoms with van der Waals surface area (Å²) in [5, 5.41) is 17.3. The van der Waals surface area contributed by atoms with E-state index >= 15 is 0 Å². The summed E-state index contributed by atoms with van der Waals surface area (Å²) in [4.78, 5) is 0. The lowest BCUT2D eigenvalue weighted by atomic mass is 9.81. The van der Waals surface area contributed by atoms with Crippen LogP contribution in [0, 0.1) is 0 Å². The standard InChI is InChI=1S/C54H33P/c1-5-15-34(16-6-1)49-45-31-37-19-13-14-20-38(37)32-46(45)50(35-17-7-2-8-18-35)54-47-33-40-30-43(55(41-21-9-3-10-22-41)42-23-11-4-12-24-42)29-39-26-25-36-27-28-44(53(49)54)52(47)51(36)48(39)40/h1-33H. The second-order valence-corrected chi connectivity index (χ2v) is 17.0. The van der Waals surface area contributed by atoms with Crippen LogP contribution in [0.2, 0.25) is 0 Å². The van der Waals surface area contributed by atoms with E-state index in [2.05, 4.69) is 200 Å². The van der Waals surface area contributed by atoms with Crippen LogP contribution in [0.3, 0.4) is 0 Å². The van der Waals surface area contributed by atoms with Gasteiger partial charge in [0.15, 0.2) is 0 Å². The lowest BCUT2D eigenvalue weighted by Crippen LogP contribution is -2.20. The predicted molar refractivity (Wildman–Crippen MR) is 239 cm³/mol. The molecule has 0 atom stereocenters. The number of hydrogen-bond acceptors (Lipinski definition) is 0. The molecule has 0 fully saturated rings. The Morgan fingerprint density at radius 3 is 1.31 bits per heavy atom. The van der Waals surface area contributed by atoms with Crippen LogP contribution in [0.4, 0.5) is 0 Å². The summed E-state index contributed by atoms with van der Waals surface area (Å²) in [6, 6.07) is 75.1. The Balaban J connectivity index is 1.26. The van der Waals surface area contributed by atoms with Gasteiger partial charge >= 0.3 is 0 Å². The first-order chi connectivity index (χ1) is 27.3. The Labute approximate surface area is 321 Å². The van der Waals surface area contributed by atoms with Crippen LogP contribution in [0.25, 0.3) is 98.4 Å². The lowest BCUT2D eigenvalue weighted by molar-refractivity contribution is 1.63. The normalized spacial score (nSPS) is 12.2. The van der Waals surface area contributed by atoms with Crippen molar-refractivity contribution in [2.45, 2.75) is 0 Å². The summed E-state index contributed by atoms with van der Waals surface area (Å²) in [6.45, 7) is 0. The maximum atomic E-state index is 2.54. The van der Waals surface area contributed by atoms with Gasteiger partial charge in [0, 0.05) is 0 Å². The molecule has 0 saturated heterocycles. The summed E-state index contributed by atoms with van der Waals surface area (Å²) in [6.07, 6.45) is 0. The van der Waals surface area contributed by atoms with Gasteiger partial charge in [0.2, 0.25) is 0 Å². The molecule has 0 N–H and O–H groups in total. The van der Waals surface area contributed by atoms with E-state index in [4.69, 9.17) is 0 Å². The average molecular weight is 713 g/mol. The van der Waals surface area contributed by atoms with E-state index in [0.717, 1.165) is 0 Å². The molecule has 0 aliphatic heterocycles. The highest BCUT2D eigenvalue weighted by Gasteiger charge is 2.32. The number of rotatable bonds is 5. The molecular formula is C54H33P. The SMILES string of the molecule is c1ccc(-c2c3c(c(-c4ccccc4)c4cc5ccccc5cc24)-c2cc4cc(P(c5ccccc5)c5ccccc5)cc5ccc6ccc-3c2c6c54)cc1. The van der Waals surface area contributed by atoms with Crippen molar-refractivity contribution >= 4 is 77.7 Å². The Kier molecular flexibility index (Phi) is 6.70. The highest BCUT2D eigenvalue weighted by Crippen LogP contribution is 2.60. The Bertz CT molecular complexity index is 3240. The highest BCUT2D eigenvalue weighted by molar-refractivity contribution is 7.79. The minimum Gasteiger partial charge on any atom is -0.0622 e. The van der Waals surface area contributed by atoms with Gasteiger partial charge in [-0.3, -0.25) is 0 Å².